The Labute approximate surface area is 178 Å². The number of anilines is 2. The van der Waals surface area contributed by atoms with Crippen LogP contribution in [0.15, 0.2) is 42.5 Å². The van der Waals surface area contributed by atoms with Gasteiger partial charge in [-0.05, 0) is 49.2 Å². The molecular formula is C20H20Cl2N4O3. The number of carbonyl (C=O) groups excluding carboxylic acids is 3. The van der Waals surface area contributed by atoms with Crippen molar-refractivity contribution in [2.75, 3.05) is 23.7 Å². The Morgan fingerprint density at radius 3 is 2.24 bits per heavy atom. The molecule has 0 atom stereocenters. The Balaban J connectivity index is 1.40. The van der Waals surface area contributed by atoms with E-state index in [1.54, 1.807) is 36.4 Å². The molecule has 0 unspecified atom stereocenters. The fourth-order valence-electron chi connectivity index (χ4n) is 2.53. The smallest absolute Gasteiger partial charge is 0.319 e. The first kappa shape index (κ1) is 21.0. The monoisotopic (exact) mass is 434 g/mol. The zero-order valence-electron chi connectivity index (χ0n) is 15.4. The molecule has 0 radical (unpaired) electrons. The summed E-state index contributed by atoms with van der Waals surface area (Å²) in [6.07, 6.45) is 1.85. The Morgan fingerprint density at radius 2 is 1.55 bits per heavy atom. The summed E-state index contributed by atoms with van der Waals surface area (Å²) >= 11 is 11.7. The largest absolute Gasteiger partial charge is 0.350 e. The molecule has 0 bridgehead atoms. The highest BCUT2D eigenvalue weighted by molar-refractivity contribution is 6.42. The molecule has 7 nitrogen and oxygen atoms in total. The lowest BCUT2D eigenvalue weighted by Gasteiger charge is -2.10. The normalized spacial score (nSPS) is 12.8. The maximum absolute atomic E-state index is 12.0. The number of halogens is 2. The van der Waals surface area contributed by atoms with Crippen LogP contribution < -0.4 is 21.3 Å². The quantitative estimate of drug-likeness (QED) is 0.497. The van der Waals surface area contributed by atoms with Gasteiger partial charge in [-0.3, -0.25) is 9.59 Å². The van der Waals surface area contributed by atoms with E-state index in [-0.39, 0.29) is 30.8 Å². The van der Waals surface area contributed by atoms with Gasteiger partial charge >= 0.3 is 6.03 Å². The number of nitrogens with one attached hydrogen (secondary N) is 4. The van der Waals surface area contributed by atoms with Gasteiger partial charge in [0, 0.05) is 35.9 Å². The second-order valence-electron chi connectivity index (χ2n) is 6.61. The molecule has 29 heavy (non-hydrogen) atoms. The van der Waals surface area contributed by atoms with Crippen molar-refractivity contribution in [1.82, 2.24) is 10.6 Å². The second-order valence-corrected chi connectivity index (χ2v) is 7.42. The van der Waals surface area contributed by atoms with Crippen LogP contribution in [0.4, 0.5) is 16.2 Å². The number of carbonyl (C=O) groups is 3. The van der Waals surface area contributed by atoms with Gasteiger partial charge < -0.3 is 21.3 Å². The second kappa shape index (κ2) is 9.62. The standard InChI is InChI=1S/C20H20Cl2N4O3/c21-16-7-6-13(10-17(16)22)18(27)23-8-9-24-20(29)26-15-3-1-2-14(11-15)25-19(28)12-4-5-12/h1-3,6-7,10-12H,4-5,8-9H2,(H,23,27)(H,25,28)(H2,24,26,29). The molecule has 0 heterocycles. The first-order valence-electron chi connectivity index (χ1n) is 9.11. The fraction of sp³-hybridized carbons (Fsp3) is 0.250. The zero-order valence-corrected chi connectivity index (χ0v) is 16.9. The molecule has 4 amide bonds. The molecule has 3 rings (SSSR count). The molecule has 0 aliphatic heterocycles. The van der Waals surface area contributed by atoms with Gasteiger partial charge in [0.1, 0.15) is 0 Å². The fourth-order valence-corrected chi connectivity index (χ4v) is 2.83. The minimum absolute atomic E-state index is 0.00400. The van der Waals surface area contributed by atoms with Crippen molar-refractivity contribution in [3.05, 3.63) is 58.1 Å². The number of hydrogen-bond donors (Lipinski definition) is 4. The number of rotatable bonds is 7. The number of hydrogen-bond acceptors (Lipinski definition) is 3. The van der Waals surface area contributed by atoms with E-state index in [4.69, 9.17) is 23.2 Å². The van der Waals surface area contributed by atoms with Crippen molar-refractivity contribution < 1.29 is 14.4 Å². The third-order valence-electron chi connectivity index (χ3n) is 4.21. The van der Waals surface area contributed by atoms with Gasteiger partial charge in [0.2, 0.25) is 5.91 Å². The third-order valence-corrected chi connectivity index (χ3v) is 4.95. The van der Waals surface area contributed by atoms with Crippen LogP contribution in [-0.4, -0.2) is 30.9 Å². The van der Waals surface area contributed by atoms with Gasteiger partial charge in [-0.25, -0.2) is 4.79 Å². The van der Waals surface area contributed by atoms with Crippen LogP contribution in [-0.2, 0) is 4.79 Å². The topological polar surface area (TPSA) is 99.3 Å². The Bertz CT molecular complexity index is 932. The molecule has 1 aliphatic rings. The van der Waals surface area contributed by atoms with Crippen LogP contribution in [0.3, 0.4) is 0 Å². The van der Waals surface area contributed by atoms with E-state index in [1.807, 2.05) is 0 Å². The van der Waals surface area contributed by atoms with Crippen molar-refractivity contribution in [3.63, 3.8) is 0 Å². The molecule has 0 aromatic heterocycles. The Morgan fingerprint density at radius 1 is 0.862 bits per heavy atom. The van der Waals surface area contributed by atoms with Crippen LogP contribution in [0.5, 0.6) is 0 Å². The van der Waals surface area contributed by atoms with E-state index in [2.05, 4.69) is 21.3 Å². The van der Waals surface area contributed by atoms with Gasteiger partial charge in [0.05, 0.1) is 10.0 Å². The summed E-state index contributed by atoms with van der Waals surface area (Å²) in [7, 11) is 0. The van der Waals surface area contributed by atoms with Gasteiger partial charge in [-0.2, -0.15) is 0 Å². The number of amides is 4. The predicted octanol–water partition coefficient (Wildman–Crippen LogP) is 3.89. The van der Waals surface area contributed by atoms with Crippen molar-refractivity contribution in [2.45, 2.75) is 12.8 Å². The summed E-state index contributed by atoms with van der Waals surface area (Å²) < 4.78 is 0. The minimum atomic E-state index is -0.417. The van der Waals surface area contributed by atoms with E-state index in [9.17, 15) is 14.4 Å². The van der Waals surface area contributed by atoms with Crippen molar-refractivity contribution in [1.29, 1.82) is 0 Å². The van der Waals surface area contributed by atoms with Gasteiger partial charge in [0.15, 0.2) is 0 Å². The highest BCUT2D eigenvalue weighted by atomic mass is 35.5. The first-order valence-corrected chi connectivity index (χ1v) is 9.87. The lowest BCUT2D eigenvalue weighted by Crippen LogP contribution is -2.36. The van der Waals surface area contributed by atoms with Crippen LogP contribution in [0.2, 0.25) is 10.0 Å². The van der Waals surface area contributed by atoms with Crippen LogP contribution in [0.25, 0.3) is 0 Å². The maximum atomic E-state index is 12.0. The Hall–Kier alpha value is -2.77. The highest BCUT2D eigenvalue weighted by Gasteiger charge is 2.29. The molecule has 1 fully saturated rings. The molecule has 9 heteroatoms. The van der Waals surface area contributed by atoms with Gasteiger partial charge in [0.25, 0.3) is 5.91 Å². The Kier molecular flexibility index (Phi) is 6.95. The van der Waals surface area contributed by atoms with E-state index in [1.165, 1.54) is 6.07 Å². The third kappa shape index (κ3) is 6.37. The lowest BCUT2D eigenvalue weighted by atomic mass is 10.2. The molecule has 1 saturated carbocycles. The molecule has 0 spiro atoms. The van der Waals surface area contributed by atoms with E-state index in [0.717, 1.165) is 12.8 Å². The SMILES string of the molecule is O=C(NCCNC(=O)c1ccc(Cl)c(Cl)c1)Nc1cccc(NC(=O)C2CC2)c1. The van der Waals surface area contributed by atoms with Gasteiger partial charge in [-0.15, -0.1) is 0 Å². The molecule has 4 N–H and O–H groups in total. The highest BCUT2D eigenvalue weighted by Crippen LogP contribution is 2.30. The number of urea groups is 1. The molecule has 1 aliphatic carbocycles. The summed E-state index contributed by atoms with van der Waals surface area (Å²) in [6.45, 7) is 0.473. The summed E-state index contributed by atoms with van der Waals surface area (Å²) in [5.41, 5.74) is 1.57. The van der Waals surface area contributed by atoms with Crippen molar-refractivity contribution in [3.8, 4) is 0 Å². The average Bonchev–Trinajstić information content (AvgIpc) is 3.53. The van der Waals surface area contributed by atoms with E-state index < -0.39 is 6.03 Å². The molecular weight excluding hydrogens is 415 g/mol. The maximum Gasteiger partial charge on any atom is 0.319 e. The summed E-state index contributed by atoms with van der Waals surface area (Å²) in [5.74, 6) is -0.205. The predicted molar refractivity (Wildman–Crippen MR) is 114 cm³/mol. The summed E-state index contributed by atoms with van der Waals surface area (Å²) in [6, 6.07) is 11.1. The summed E-state index contributed by atoms with van der Waals surface area (Å²) in [4.78, 5) is 35.9. The average molecular weight is 435 g/mol. The molecule has 2 aromatic rings. The zero-order chi connectivity index (χ0) is 20.8. The van der Waals surface area contributed by atoms with Gasteiger partial charge in [-0.1, -0.05) is 29.3 Å². The van der Waals surface area contributed by atoms with Crippen molar-refractivity contribution in [2.24, 2.45) is 5.92 Å². The molecule has 0 saturated heterocycles. The van der Waals surface area contributed by atoms with Crippen LogP contribution >= 0.6 is 23.2 Å². The molecule has 152 valence electrons. The van der Waals surface area contributed by atoms with E-state index in [0.29, 0.717) is 27.0 Å². The lowest BCUT2D eigenvalue weighted by molar-refractivity contribution is -0.117. The first-order chi connectivity index (χ1) is 13.9. The van der Waals surface area contributed by atoms with Crippen LogP contribution in [0.1, 0.15) is 23.2 Å². The minimum Gasteiger partial charge on any atom is -0.350 e. The van der Waals surface area contributed by atoms with E-state index >= 15 is 0 Å². The molecule has 2 aromatic carbocycles. The number of benzene rings is 2. The van der Waals surface area contributed by atoms with Crippen LogP contribution in [0, 0.1) is 5.92 Å². The van der Waals surface area contributed by atoms with Crippen molar-refractivity contribution >= 4 is 52.4 Å². The summed E-state index contributed by atoms with van der Waals surface area (Å²) in [5, 5.41) is 11.5.